The van der Waals surface area contributed by atoms with Crippen molar-refractivity contribution in [2.24, 2.45) is 0 Å². The van der Waals surface area contributed by atoms with Gasteiger partial charge >= 0.3 is 6.18 Å². The molecule has 3 aromatic rings. The van der Waals surface area contributed by atoms with Gasteiger partial charge in [0.1, 0.15) is 6.54 Å². The fraction of sp³-hybridized carbons (Fsp3) is 0.0833. The van der Waals surface area contributed by atoms with Gasteiger partial charge in [-0.3, -0.25) is 19.3 Å². The quantitative estimate of drug-likeness (QED) is 0.460. The standard InChI is InChI=1S/C24H14F3N3O3/c25-24(26,27)17-7-5-15(6-8-17)14-1-3-16(4-2-14)21(31)29-18-9-10-19-20(13-18)23(33)30(12-11-28)22(19)32/h1-10,13H,12H2,(H,29,31). The Balaban J connectivity index is 1.49. The van der Waals surface area contributed by atoms with E-state index in [4.69, 9.17) is 5.26 Å². The lowest BCUT2D eigenvalue weighted by molar-refractivity contribution is -0.137. The van der Waals surface area contributed by atoms with Gasteiger partial charge in [0.2, 0.25) is 0 Å². The Morgan fingerprint density at radius 1 is 0.879 bits per heavy atom. The van der Waals surface area contributed by atoms with Crippen LogP contribution in [0, 0.1) is 11.3 Å². The van der Waals surface area contributed by atoms with Crippen LogP contribution in [0.15, 0.2) is 66.7 Å². The number of anilines is 1. The van der Waals surface area contributed by atoms with Crippen LogP contribution in [0.4, 0.5) is 18.9 Å². The van der Waals surface area contributed by atoms with Crippen LogP contribution in [-0.4, -0.2) is 29.2 Å². The molecule has 0 saturated heterocycles. The van der Waals surface area contributed by atoms with Crippen molar-refractivity contribution in [1.29, 1.82) is 5.26 Å². The second kappa shape index (κ2) is 8.24. The number of nitrogens with one attached hydrogen (secondary N) is 1. The Labute approximate surface area is 185 Å². The van der Waals surface area contributed by atoms with Gasteiger partial charge in [-0.15, -0.1) is 0 Å². The maximum Gasteiger partial charge on any atom is 0.416 e. The topological polar surface area (TPSA) is 90.3 Å². The molecule has 0 spiro atoms. The number of carbonyl (C=O) groups is 3. The highest BCUT2D eigenvalue weighted by molar-refractivity contribution is 6.22. The average Bonchev–Trinajstić information content (AvgIpc) is 3.03. The van der Waals surface area contributed by atoms with Gasteiger partial charge in [-0.25, -0.2) is 0 Å². The number of fused-ring (bicyclic) bond motifs is 1. The Kier molecular flexibility index (Phi) is 5.44. The number of hydrogen-bond donors (Lipinski definition) is 1. The molecule has 33 heavy (non-hydrogen) atoms. The van der Waals surface area contributed by atoms with Crippen molar-refractivity contribution in [3.63, 3.8) is 0 Å². The fourth-order valence-electron chi connectivity index (χ4n) is 3.45. The molecule has 3 amide bonds. The first-order valence-electron chi connectivity index (χ1n) is 9.65. The van der Waals surface area contributed by atoms with E-state index in [1.807, 2.05) is 0 Å². The zero-order chi connectivity index (χ0) is 23.8. The van der Waals surface area contributed by atoms with Crippen molar-refractivity contribution in [1.82, 2.24) is 4.90 Å². The van der Waals surface area contributed by atoms with Crippen molar-refractivity contribution in [3.8, 4) is 17.2 Å². The highest BCUT2D eigenvalue weighted by Gasteiger charge is 2.35. The monoisotopic (exact) mass is 449 g/mol. The van der Waals surface area contributed by atoms with E-state index in [2.05, 4.69) is 5.32 Å². The summed E-state index contributed by atoms with van der Waals surface area (Å²) in [7, 11) is 0. The first kappa shape index (κ1) is 21.8. The summed E-state index contributed by atoms with van der Waals surface area (Å²) in [4.78, 5) is 37.9. The number of alkyl halides is 3. The molecular weight excluding hydrogens is 435 g/mol. The number of rotatable bonds is 4. The second-order valence-corrected chi connectivity index (χ2v) is 7.22. The Hall–Kier alpha value is -4.45. The molecule has 4 rings (SSSR count). The number of benzene rings is 3. The SMILES string of the molecule is N#CCN1C(=O)c2ccc(NC(=O)c3ccc(-c4ccc(C(F)(F)F)cc4)cc3)cc2C1=O. The lowest BCUT2D eigenvalue weighted by atomic mass is 10.0. The number of halogens is 3. The van der Waals surface area contributed by atoms with Crippen LogP contribution in [0.3, 0.4) is 0 Å². The molecule has 3 aromatic carbocycles. The van der Waals surface area contributed by atoms with Crippen LogP contribution in [0.5, 0.6) is 0 Å². The molecule has 0 aromatic heterocycles. The van der Waals surface area contributed by atoms with E-state index in [0.29, 0.717) is 22.4 Å². The molecule has 0 bridgehead atoms. The third-order valence-electron chi connectivity index (χ3n) is 5.15. The van der Waals surface area contributed by atoms with Gasteiger partial charge in [-0.1, -0.05) is 24.3 Å². The van der Waals surface area contributed by atoms with Crippen LogP contribution in [0.1, 0.15) is 36.6 Å². The van der Waals surface area contributed by atoms with Gasteiger partial charge in [0.25, 0.3) is 17.7 Å². The third-order valence-corrected chi connectivity index (χ3v) is 5.15. The highest BCUT2D eigenvalue weighted by atomic mass is 19.4. The smallest absolute Gasteiger partial charge is 0.322 e. The fourth-order valence-corrected chi connectivity index (χ4v) is 3.45. The zero-order valence-corrected chi connectivity index (χ0v) is 16.8. The van der Waals surface area contributed by atoms with E-state index in [9.17, 15) is 27.6 Å². The first-order chi connectivity index (χ1) is 15.7. The summed E-state index contributed by atoms with van der Waals surface area (Å²) >= 11 is 0. The predicted octanol–water partition coefficient (Wildman–Crippen LogP) is 4.74. The van der Waals surface area contributed by atoms with Crippen molar-refractivity contribution >= 4 is 23.4 Å². The van der Waals surface area contributed by atoms with Crippen molar-refractivity contribution < 1.29 is 27.6 Å². The average molecular weight is 449 g/mol. The maximum absolute atomic E-state index is 12.7. The van der Waals surface area contributed by atoms with E-state index >= 15 is 0 Å². The lowest BCUT2D eigenvalue weighted by Crippen LogP contribution is -2.29. The number of carbonyl (C=O) groups excluding carboxylic acids is 3. The van der Waals surface area contributed by atoms with Crippen molar-refractivity contribution in [2.45, 2.75) is 6.18 Å². The van der Waals surface area contributed by atoms with Gasteiger partial charge in [0.15, 0.2) is 0 Å². The minimum atomic E-state index is -4.41. The molecule has 6 nitrogen and oxygen atoms in total. The summed E-state index contributed by atoms with van der Waals surface area (Å²) in [5.74, 6) is -1.64. The Bertz CT molecular complexity index is 1310. The summed E-state index contributed by atoms with van der Waals surface area (Å²) in [6, 6.07) is 17.0. The van der Waals surface area contributed by atoms with Crippen LogP contribution < -0.4 is 5.32 Å². The van der Waals surface area contributed by atoms with Crippen molar-refractivity contribution in [2.75, 3.05) is 11.9 Å². The highest BCUT2D eigenvalue weighted by Crippen LogP contribution is 2.31. The van der Waals surface area contributed by atoms with Gasteiger partial charge in [0.05, 0.1) is 22.8 Å². The van der Waals surface area contributed by atoms with Crippen LogP contribution in [-0.2, 0) is 6.18 Å². The molecule has 0 atom stereocenters. The van der Waals surface area contributed by atoms with Gasteiger partial charge in [-0.05, 0) is 53.6 Å². The largest absolute Gasteiger partial charge is 0.416 e. The third kappa shape index (κ3) is 4.19. The van der Waals surface area contributed by atoms with Gasteiger partial charge in [-0.2, -0.15) is 18.4 Å². The molecule has 1 heterocycles. The molecule has 0 unspecified atom stereocenters. The summed E-state index contributed by atoms with van der Waals surface area (Å²) in [6.45, 7) is -0.362. The number of hydrogen-bond acceptors (Lipinski definition) is 4. The molecule has 164 valence electrons. The number of nitrogens with zero attached hydrogens (tertiary/aromatic N) is 2. The van der Waals surface area contributed by atoms with Crippen LogP contribution in [0.25, 0.3) is 11.1 Å². The molecule has 0 saturated carbocycles. The van der Waals surface area contributed by atoms with Gasteiger partial charge in [0, 0.05) is 11.3 Å². The van der Waals surface area contributed by atoms with Crippen molar-refractivity contribution in [3.05, 3.63) is 89.0 Å². The molecular formula is C24H14F3N3O3. The molecule has 9 heteroatoms. The zero-order valence-electron chi connectivity index (χ0n) is 16.8. The van der Waals surface area contributed by atoms with E-state index in [1.165, 1.54) is 42.5 Å². The van der Waals surface area contributed by atoms with Crippen LogP contribution >= 0.6 is 0 Å². The summed E-state index contributed by atoms with van der Waals surface area (Å²) in [6.07, 6.45) is -4.41. The predicted molar refractivity (Wildman–Crippen MR) is 112 cm³/mol. The Morgan fingerprint density at radius 3 is 2.03 bits per heavy atom. The second-order valence-electron chi connectivity index (χ2n) is 7.22. The van der Waals surface area contributed by atoms with Gasteiger partial charge < -0.3 is 5.32 Å². The van der Waals surface area contributed by atoms with E-state index in [1.54, 1.807) is 18.2 Å². The normalized spacial score (nSPS) is 13.0. The molecule has 0 fully saturated rings. The molecule has 0 aliphatic carbocycles. The molecule has 1 aliphatic heterocycles. The molecule has 0 radical (unpaired) electrons. The number of imide groups is 1. The minimum Gasteiger partial charge on any atom is -0.322 e. The molecule has 1 aliphatic rings. The summed E-state index contributed by atoms with van der Waals surface area (Å²) < 4.78 is 38.1. The minimum absolute atomic E-state index is 0.103. The maximum atomic E-state index is 12.7. The molecule has 1 N–H and O–H groups in total. The lowest BCUT2D eigenvalue weighted by Gasteiger charge is -2.09. The number of amides is 3. The van der Waals surface area contributed by atoms with Crippen LogP contribution in [0.2, 0.25) is 0 Å². The summed E-state index contributed by atoms with van der Waals surface area (Å²) in [5, 5.41) is 11.4. The first-order valence-corrected chi connectivity index (χ1v) is 9.65. The Morgan fingerprint density at radius 2 is 1.45 bits per heavy atom. The number of nitriles is 1. The van der Waals surface area contributed by atoms with E-state index < -0.39 is 29.5 Å². The van der Waals surface area contributed by atoms with E-state index in [-0.39, 0.29) is 17.7 Å². The van der Waals surface area contributed by atoms with E-state index in [0.717, 1.165) is 17.0 Å². The summed E-state index contributed by atoms with van der Waals surface area (Å²) in [5.41, 5.74) is 1.32.